The van der Waals surface area contributed by atoms with Crippen LogP contribution in [0, 0.1) is 6.07 Å². The third-order valence-electron chi connectivity index (χ3n) is 5.23. The van der Waals surface area contributed by atoms with E-state index in [9.17, 15) is 0 Å². The summed E-state index contributed by atoms with van der Waals surface area (Å²) in [4.78, 5) is 7.39. The number of para-hydroxylation sites is 1. The standard InChI is InChI=1S/C19H24N3/c1-2-6-18-15(5-1)7-12-19(21-18)20-16-8-10-17(11-9-16)22-13-3-4-14-22/h1-2,5-7,16-17H,3-4,8-11,13-14H2,(H,20,21). The van der Waals surface area contributed by atoms with Gasteiger partial charge in [0.1, 0.15) is 5.82 Å². The molecule has 0 atom stereocenters. The topological polar surface area (TPSA) is 28.2 Å². The predicted molar refractivity (Wildman–Crippen MR) is 91.1 cm³/mol. The van der Waals surface area contributed by atoms with Gasteiger partial charge in [-0.05, 0) is 63.7 Å². The lowest BCUT2D eigenvalue weighted by Crippen LogP contribution is -2.38. The molecule has 0 unspecified atom stereocenters. The third kappa shape index (κ3) is 2.95. The van der Waals surface area contributed by atoms with E-state index in [4.69, 9.17) is 0 Å². The van der Waals surface area contributed by atoms with Crippen LogP contribution in [-0.2, 0) is 0 Å². The zero-order valence-electron chi connectivity index (χ0n) is 13.1. The first kappa shape index (κ1) is 14.0. The minimum absolute atomic E-state index is 0.559. The Balaban J connectivity index is 1.37. The molecule has 0 amide bonds. The molecule has 1 aromatic carbocycles. The summed E-state index contributed by atoms with van der Waals surface area (Å²) in [6, 6.07) is 15.0. The monoisotopic (exact) mass is 294 g/mol. The predicted octanol–water partition coefficient (Wildman–Crippen LogP) is 3.85. The molecule has 1 aromatic heterocycles. The average molecular weight is 294 g/mol. The molecule has 0 spiro atoms. The Morgan fingerprint density at radius 3 is 2.64 bits per heavy atom. The van der Waals surface area contributed by atoms with E-state index in [2.05, 4.69) is 33.4 Å². The molecule has 115 valence electrons. The quantitative estimate of drug-likeness (QED) is 0.932. The van der Waals surface area contributed by atoms with E-state index < -0.39 is 0 Å². The van der Waals surface area contributed by atoms with Crippen LogP contribution in [0.5, 0.6) is 0 Å². The molecule has 1 saturated heterocycles. The van der Waals surface area contributed by atoms with Gasteiger partial charge in [0.2, 0.25) is 0 Å². The van der Waals surface area contributed by atoms with Gasteiger partial charge in [-0.3, -0.25) is 0 Å². The largest absolute Gasteiger partial charge is 0.367 e. The number of hydrogen-bond donors (Lipinski definition) is 1. The van der Waals surface area contributed by atoms with Gasteiger partial charge in [-0.1, -0.05) is 18.2 Å². The van der Waals surface area contributed by atoms with Gasteiger partial charge in [0, 0.05) is 23.5 Å². The van der Waals surface area contributed by atoms with E-state index in [0.29, 0.717) is 6.04 Å². The van der Waals surface area contributed by atoms with Gasteiger partial charge in [0.05, 0.1) is 5.52 Å². The number of nitrogens with zero attached hydrogens (tertiary/aromatic N) is 2. The van der Waals surface area contributed by atoms with Gasteiger partial charge in [-0.15, -0.1) is 0 Å². The first-order chi connectivity index (χ1) is 10.9. The molecule has 22 heavy (non-hydrogen) atoms. The average Bonchev–Trinajstić information content (AvgIpc) is 3.10. The van der Waals surface area contributed by atoms with Crippen molar-refractivity contribution in [2.24, 2.45) is 0 Å². The van der Waals surface area contributed by atoms with Gasteiger partial charge >= 0.3 is 0 Å². The molecule has 1 saturated carbocycles. The van der Waals surface area contributed by atoms with Crippen LogP contribution in [0.4, 0.5) is 5.82 Å². The fraction of sp³-hybridized carbons (Fsp3) is 0.526. The normalized spacial score (nSPS) is 26.4. The van der Waals surface area contributed by atoms with Gasteiger partial charge in [-0.2, -0.15) is 0 Å². The Morgan fingerprint density at radius 2 is 1.82 bits per heavy atom. The summed E-state index contributed by atoms with van der Waals surface area (Å²) in [5.41, 5.74) is 1.05. The Morgan fingerprint density at radius 1 is 1.05 bits per heavy atom. The number of benzene rings is 1. The van der Waals surface area contributed by atoms with Crippen molar-refractivity contribution in [2.45, 2.75) is 50.6 Å². The Bertz CT molecular complexity index is 625. The molecule has 2 aliphatic rings. The maximum atomic E-state index is 4.69. The molecule has 3 nitrogen and oxygen atoms in total. The number of pyridine rings is 1. The van der Waals surface area contributed by atoms with Crippen LogP contribution in [-0.4, -0.2) is 35.1 Å². The number of hydrogen-bond acceptors (Lipinski definition) is 3. The zero-order valence-corrected chi connectivity index (χ0v) is 13.1. The Labute approximate surface area is 132 Å². The van der Waals surface area contributed by atoms with Crippen LogP contribution in [0.2, 0.25) is 0 Å². The molecule has 0 bridgehead atoms. The molecular weight excluding hydrogens is 270 g/mol. The summed E-state index contributed by atoms with van der Waals surface area (Å²) in [6.07, 6.45) is 7.95. The fourth-order valence-corrected chi connectivity index (χ4v) is 3.97. The highest BCUT2D eigenvalue weighted by molar-refractivity contribution is 5.79. The minimum Gasteiger partial charge on any atom is -0.367 e. The molecule has 2 fully saturated rings. The first-order valence-electron chi connectivity index (χ1n) is 8.66. The fourth-order valence-electron chi connectivity index (χ4n) is 3.97. The molecule has 1 N–H and O–H groups in total. The second kappa shape index (κ2) is 6.25. The second-order valence-corrected chi connectivity index (χ2v) is 6.70. The zero-order chi connectivity index (χ0) is 14.8. The van der Waals surface area contributed by atoms with E-state index in [1.165, 1.54) is 51.6 Å². The maximum Gasteiger partial charge on any atom is 0.134 e. The number of likely N-dealkylation sites (tertiary alicyclic amines) is 1. The van der Waals surface area contributed by atoms with E-state index in [1.807, 2.05) is 18.2 Å². The van der Waals surface area contributed by atoms with Crippen molar-refractivity contribution < 1.29 is 0 Å². The van der Waals surface area contributed by atoms with Crippen molar-refractivity contribution in [3.05, 3.63) is 36.4 Å². The van der Waals surface area contributed by atoms with Crippen LogP contribution in [0.15, 0.2) is 30.3 Å². The van der Waals surface area contributed by atoms with E-state index in [0.717, 1.165) is 22.8 Å². The smallest absolute Gasteiger partial charge is 0.134 e. The molecule has 2 aromatic rings. The minimum atomic E-state index is 0.559. The summed E-state index contributed by atoms with van der Waals surface area (Å²) < 4.78 is 0. The number of rotatable bonds is 3. The Hall–Kier alpha value is -1.61. The van der Waals surface area contributed by atoms with E-state index >= 15 is 0 Å². The first-order valence-corrected chi connectivity index (χ1v) is 8.66. The number of nitrogens with one attached hydrogen (secondary N) is 1. The van der Waals surface area contributed by atoms with Crippen LogP contribution in [0.25, 0.3) is 10.9 Å². The van der Waals surface area contributed by atoms with Gasteiger partial charge in [0.25, 0.3) is 0 Å². The molecule has 1 aliphatic carbocycles. The van der Waals surface area contributed by atoms with E-state index in [-0.39, 0.29) is 0 Å². The van der Waals surface area contributed by atoms with Crippen molar-refractivity contribution in [2.75, 3.05) is 18.4 Å². The lowest BCUT2D eigenvalue weighted by molar-refractivity contribution is 0.186. The summed E-state index contributed by atoms with van der Waals surface area (Å²) in [5, 5.41) is 4.76. The van der Waals surface area contributed by atoms with Crippen LogP contribution in [0.1, 0.15) is 38.5 Å². The molecule has 3 heteroatoms. The van der Waals surface area contributed by atoms with Gasteiger partial charge in [0.15, 0.2) is 0 Å². The Kier molecular flexibility index (Phi) is 3.98. The highest BCUT2D eigenvalue weighted by atomic mass is 15.2. The number of anilines is 1. The van der Waals surface area contributed by atoms with Crippen molar-refractivity contribution in [1.82, 2.24) is 9.88 Å². The van der Waals surface area contributed by atoms with Crippen LogP contribution >= 0.6 is 0 Å². The third-order valence-corrected chi connectivity index (χ3v) is 5.23. The highest BCUT2D eigenvalue weighted by Crippen LogP contribution is 2.27. The lowest BCUT2D eigenvalue weighted by Gasteiger charge is -2.34. The molecular formula is C19H24N3. The molecule has 1 aliphatic heterocycles. The van der Waals surface area contributed by atoms with Gasteiger partial charge in [-0.25, -0.2) is 4.98 Å². The highest BCUT2D eigenvalue weighted by Gasteiger charge is 2.27. The van der Waals surface area contributed by atoms with Crippen molar-refractivity contribution in [3.63, 3.8) is 0 Å². The van der Waals surface area contributed by atoms with Crippen LogP contribution < -0.4 is 5.32 Å². The molecule has 2 heterocycles. The SMILES string of the molecule is [c]1cc2ccccc2nc1NC1CCC(N2CCCC2)CC1. The van der Waals surface area contributed by atoms with Crippen LogP contribution in [0.3, 0.4) is 0 Å². The van der Waals surface area contributed by atoms with Crippen molar-refractivity contribution >= 4 is 16.7 Å². The number of aromatic nitrogens is 1. The lowest BCUT2D eigenvalue weighted by atomic mass is 9.90. The summed E-state index contributed by atoms with van der Waals surface area (Å²) in [7, 11) is 0. The van der Waals surface area contributed by atoms with Crippen molar-refractivity contribution in [1.29, 1.82) is 0 Å². The van der Waals surface area contributed by atoms with Gasteiger partial charge < -0.3 is 10.2 Å². The number of fused-ring (bicyclic) bond motifs is 1. The summed E-state index contributed by atoms with van der Waals surface area (Å²) in [5.74, 6) is 0.906. The summed E-state index contributed by atoms with van der Waals surface area (Å²) in [6.45, 7) is 2.64. The second-order valence-electron chi connectivity index (χ2n) is 6.70. The molecule has 1 radical (unpaired) electrons. The van der Waals surface area contributed by atoms with Crippen molar-refractivity contribution in [3.8, 4) is 0 Å². The summed E-state index contributed by atoms with van der Waals surface area (Å²) >= 11 is 0. The van der Waals surface area contributed by atoms with E-state index in [1.54, 1.807) is 0 Å². The molecule has 4 rings (SSSR count). The maximum absolute atomic E-state index is 4.69.